The van der Waals surface area contributed by atoms with Crippen LogP contribution in [0.25, 0.3) is 0 Å². The average Bonchev–Trinajstić information content (AvgIpc) is 2.71. The fourth-order valence-corrected chi connectivity index (χ4v) is 2.43. The van der Waals surface area contributed by atoms with Crippen molar-refractivity contribution in [3.63, 3.8) is 0 Å². The summed E-state index contributed by atoms with van der Waals surface area (Å²) in [5, 5.41) is 0. The van der Waals surface area contributed by atoms with Crippen molar-refractivity contribution in [2.45, 2.75) is 33.7 Å². The highest BCUT2D eigenvalue weighted by molar-refractivity contribution is 6.05. The maximum atomic E-state index is 12.6. The lowest BCUT2D eigenvalue weighted by molar-refractivity contribution is -0.129. The molecule has 22 heavy (non-hydrogen) atoms. The van der Waals surface area contributed by atoms with Gasteiger partial charge in [0.1, 0.15) is 0 Å². The Kier molecular flexibility index (Phi) is 5.65. The SMILES string of the molecule is CC(=O)c1c(C)[nH]c(C(=O)[C@H](C)N(C)CC(=O)N(C)C)c1C. The number of aromatic nitrogens is 1. The fraction of sp³-hybridized carbons (Fsp3) is 0.562. The summed E-state index contributed by atoms with van der Waals surface area (Å²) in [4.78, 5) is 42.3. The first-order valence-electron chi connectivity index (χ1n) is 7.22. The molecule has 122 valence electrons. The van der Waals surface area contributed by atoms with Crippen molar-refractivity contribution in [2.75, 3.05) is 27.7 Å². The van der Waals surface area contributed by atoms with Crippen molar-refractivity contribution >= 4 is 17.5 Å². The Morgan fingerprint density at radius 3 is 2.09 bits per heavy atom. The van der Waals surface area contributed by atoms with E-state index < -0.39 is 6.04 Å². The van der Waals surface area contributed by atoms with Gasteiger partial charge in [-0.25, -0.2) is 0 Å². The van der Waals surface area contributed by atoms with Gasteiger partial charge >= 0.3 is 0 Å². The zero-order chi connectivity index (χ0) is 17.2. The van der Waals surface area contributed by atoms with Crippen molar-refractivity contribution in [1.29, 1.82) is 0 Å². The van der Waals surface area contributed by atoms with Crippen molar-refractivity contribution in [3.05, 3.63) is 22.5 Å². The molecule has 1 amide bonds. The van der Waals surface area contributed by atoms with Crippen LogP contribution in [0.2, 0.25) is 0 Å². The minimum Gasteiger partial charge on any atom is -0.355 e. The molecule has 0 unspecified atom stereocenters. The number of amides is 1. The van der Waals surface area contributed by atoms with Gasteiger partial charge in [0.2, 0.25) is 5.91 Å². The van der Waals surface area contributed by atoms with E-state index in [1.54, 1.807) is 46.8 Å². The van der Waals surface area contributed by atoms with Crippen LogP contribution in [0.1, 0.15) is 46.0 Å². The molecule has 0 fully saturated rings. The number of nitrogens with zero attached hydrogens (tertiary/aromatic N) is 2. The van der Waals surface area contributed by atoms with E-state index >= 15 is 0 Å². The standard InChI is InChI=1S/C16H25N3O3/c1-9-14(12(4)20)10(2)17-15(9)16(22)11(3)19(7)8-13(21)18(5)6/h11,17H,8H2,1-7H3/t11-/m0/s1. The third-order valence-corrected chi connectivity index (χ3v) is 3.96. The molecule has 1 rings (SSSR count). The largest absolute Gasteiger partial charge is 0.355 e. The zero-order valence-electron chi connectivity index (χ0n) is 14.4. The molecule has 0 aliphatic carbocycles. The molecule has 1 N–H and O–H groups in total. The van der Waals surface area contributed by atoms with Gasteiger partial charge in [-0.2, -0.15) is 0 Å². The molecule has 0 spiro atoms. The van der Waals surface area contributed by atoms with Gasteiger partial charge in [-0.1, -0.05) is 0 Å². The van der Waals surface area contributed by atoms with E-state index in [0.29, 0.717) is 22.5 Å². The third-order valence-electron chi connectivity index (χ3n) is 3.96. The van der Waals surface area contributed by atoms with Crippen molar-refractivity contribution in [2.24, 2.45) is 0 Å². The summed E-state index contributed by atoms with van der Waals surface area (Å²) in [6.07, 6.45) is 0. The summed E-state index contributed by atoms with van der Waals surface area (Å²) in [6.45, 7) is 6.96. The molecule has 0 saturated heterocycles. The minimum atomic E-state index is -0.458. The van der Waals surface area contributed by atoms with Gasteiger partial charge in [0.25, 0.3) is 0 Å². The number of hydrogen-bond donors (Lipinski definition) is 1. The van der Waals surface area contributed by atoms with Crippen LogP contribution in [0.15, 0.2) is 0 Å². The highest BCUT2D eigenvalue weighted by atomic mass is 16.2. The van der Waals surface area contributed by atoms with Crippen LogP contribution in [0.3, 0.4) is 0 Å². The van der Waals surface area contributed by atoms with Gasteiger partial charge in [0.15, 0.2) is 11.6 Å². The lowest BCUT2D eigenvalue weighted by Gasteiger charge is -2.24. The Morgan fingerprint density at radius 2 is 1.68 bits per heavy atom. The van der Waals surface area contributed by atoms with Gasteiger partial charge in [0, 0.05) is 25.4 Å². The van der Waals surface area contributed by atoms with Crippen molar-refractivity contribution in [1.82, 2.24) is 14.8 Å². The molecule has 6 nitrogen and oxygen atoms in total. The van der Waals surface area contributed by atoms with Crippen LogP contribution in [0.4, 0.5) is 0 Å². The Hall–Kier alpha value is -1.95. The summed E-state index contributed by atoms with van der Waals surface area (Å²) in [7, 11) is 5.10. The smallest absolute Gasteiger partial charge is 0.236 e. The molecule has 1 atom stereocenters. The number of carbonyl (C=O) groups excluding carboxylic acids is 3. The van der Waals surface area contributed by atoms with E-state index in [0.717, 1.165) is 0 Å². The number of ketones is 2. The summed E-state index contributed by atoms with van der Waals surface area (Å²) in [6, 6.07) is -0.458. The maximum absolute atomic E-state index is 12.6. The van der Waals surface area contributed by atoms with Gasteiger partial charge in [0.05, 0.1) is 18.3 Å². The first kappa shape index (κ1) is 18.1. The lowest BCUT2D eigenvalue weighted by atomic mass is 10.0. The van der Waals surface area contributed by atoms with Crippen LogP contribution in [0, 0.1) is 13.8 Å². The van der Waals surface area contributed by atoms with E-state index in [2.05, 4.69) is 4.98 Å². The first-order chi connectivity index (χ1) is 10.1. The average molecular weight is 307 g/mol. The number of aromatic amines is 1. The number of rotatable bonds is 6. The summed E-state index contributed by atoms with van der Waals surface area (Å²) < 4.78 is 0. The molecule has 0 aromatic carbocycles. The number of hydrogen-bond acceptors (Lipinski definition) is 4. The predicted molar refractivity (Wildman–Crippen MR) is 85.4 cm³/mol. The third kappa shape index (κ3) is 3.62. The lowest BCUT2D eigenvalue weighted by Crippen LogP contribution is -2.42. The predicted octanol–water partition coefficient (Wildman–Crippen LogP) is 1.43. The van der Waals surface area contributed by atoms with Crippen molar-refractivity contribution in [3.8, 4) is 0 Å². The molecule has 0 bridgehead atoms. The van der Waals surface area contributed by atoms with E-state index in [1.807, 2.05) is 0 Å². The molecule has 0 radical (unpaired) electrons. The second kappa shape index (κ2) is 6.87. The quantitative estimate of drug-likeness (QED) is 0.807. The molecule has 1 heterocycles. The number of likely N-dealkylation sites (N-methyl/N-ethyl adjacent to an activating group) is 2. The van der Waals surface area contributed by atoms with Crippen LogP contribution in [0.5, 0.6) is 0 Å². The number of carbonyl (C=O) groups is 3. The summed E-state index contributed by atoms with van der Waals surface area (Å²) >= 11 is 0. The van der Waals surface area contributed by atoms with Crippen LogP contribution in [-0.4, -0.2) is 66.0 Å². The molecular weight excluding hydrogens is 282 g/mol. The summed E-state index contributed by atoms with van der Waals surface area (Å²) in [5.74, 6) is -0.248. The molecule has 6 heteroatoms. The Labute approximate surface area is 131 Å². The monoisotopic (exact) mass is 307 g/mol. The van der Waals surface area contributed by atoms with E-state index in [4.69, 9.17) is 0 Å². The highest BCUT2D eigenvalue weighted by Gasteiger charge is 2.26. The Morgan fingerprint density at radius 1 is 1.14 bits per heavy atom. The molecule has 0 aliphatic heterocycles. The molecule has 1 aromatic heterocycles. The fourth-order valence-electron chi connectivity index (χ4n) is 2.43. The number of H-pyrrole nitrogens is 1. The van der Waals surface area contributed by atoms with E-state index in [1.165, 1.54) is 11.8 Å². The molecule has 0 saturated carbocycles. The molecule has 1 aromatic rings. The van der Waals surface area contributed by atoms with Gasteiger partial charge in [-0.15, -0.1) is 0 Å². The maximum Gasteiger partial charge on any atom is 0.236 e. The van der Waals surface area contributed by atoms with Crippen LogP contribution >= 0.6 is 0 Å². The van der Waals surface area contributed by atoms with Gasteiger partial charge in [-0.3, -0.25) is 19.3 Å². The number of nitrogens with one attached hydrogen (secondary N) is 1. The first-order valence-corrected chi connectivity index (χ1v) is 7.22. The second-order valence-corrected chi connectivity index (χ2v) is 5.92. The van der Waals surface area contributed by atoms with Crippen molar-refractivity contribution < 1.29 is 14.4 Å². The number of aryl methyl sites for hydroxylation is 1. The van der Waals surface area contributed by atoms with Gasteiger partial charge in [-0.05, 0) is 40.3 Å². The highest BCUT2D eigenvalue weighted by Crippen LogP contribution is 2.20. The number of Topliss-reactive ketones (excluding diaryl/α,β-unsaturated/α-hetero) is 2. The topological polar surface area (TPSA) is 73.5 Å². The molecular formula is C16H25N3O3. The molecule has 0 aliphatic rings. The minimum absolute atomic E-state index is 0.0610. The normalized spacial score (nSPS) is 12.4. The Balaban J connectivity index is 2.99. The van der Waals surface area contributed by atoms with E-state index in [9.17, 15) is 14.4 Å². The van der Waals surface area contributed by atoms with Gasteiger partial charge < -0.3 is 9.88 Å². The van der Waals surface area contributed by atoms with E-state index in [-0.39, 0.29) is 24.0 Å². The van der Waals surface area contributed by atoms with Crippen LogP contribution in [-0.2, 0) is 4.79 Å². The zero-order valence-corrected chi connectivity index (χ0v) is 14.4. The second-order valence-electron chi connectivity index (χ2n) is 5.92. The summed E-state index contributed by atoms with van der Waals surface area (Å²) in [5.41, 5.74) is 2.39. The van der Waals surface area contributed by atoms with Crippen LogP contribution < -0.4 is 0 Å². The Bertz CT molecular complexity index is 602.